The van der Waals surface area contributed by atoms with E-state index in [9.17, 15) is 19.8 Å². The van der Waals surface area contributed by atoms with Crippen LogP contribution < -0.4 is 0 Å². The number of hydrogen-bond acceptors (Lipinski definition) is 8. The molecule has 2 N–H and O–H groups in total. The molecule has 0 aliphatic rings. The number of hydrogen-bond donors (Lipinski definition) is 2. The molecule has 2 unspecified atom stereocenters. The Balaban J connectivity index is 2.64. The Bertz CT molecular complexity index is 448. The zero-order valence-corrected chi connectivity index (χ0v) is 12.2. The van der Waals surface area contributed by atoms with E-state index in [2.05, 4.69) is 4.98 Å². The first kappa shape index (κ1) is 16.1. The number of carbonyl (C=O) groups excluding carboxylic acids is 2. The van der Waals surface area contributed by atoms with Crippen LogP contribution in [0.25, 0.3) is 0 Å². The number of aromatic nitrogens is 1. The molecule has 0 amide bonds. The van der Waals surface area contributed by atoms with E-state index in [0.29, 0.717) is 0 Å². The predicted molar refractivity (Wildman–Crippen MR) is 72.2 cm³/mol. The van der Waals surface area contributed by atoms with Crippen molar-refractivity contribution < 1.29 is 24.5 Å². The van der Waals surface area contributed by atoms with Gasteiger partial charge in [0.2, 0.25) is 0 Å². The number of nitrogens with zero attached hydrogens (tertiary/aromatic N) is 1. The molecule has 1 aromatic heterocycles. The molecule has 1 heterocycles. The van der Waals surface area contributed by atoms with Gasteiger partial charge in [0.15, 0.2) is 10.8 Å². The summed E-state index contributed by atoms with van der Waals surface area (Å²) in [4.78, 5) is 26.1. The Kier molecular flexibility index (Phi) is 6.43. The van der Waals surface area contributed by atoms with Gasteiger partial charge in [0, 0.05) is 18.1 Å². The fraction of sp³-hybridized carbons (Fsp3) is 0.545. The molecule has 0 aliphatic heterocycles. The van der Waals surface area contributed by atoms with Gasteiger partial charge < -0.3 is 14.9 Å². The molecule has 6 nitrogen and oxygen atoms in total. The van der Waals surface area contributed by atoms with E-state index in [1.54, 1.807) is 6.92 Å². The van der Waals surface area contributed by atoms with E-state index in [4.69, 9.17) is 4.74 Å². The van der Waals surface area contributed by atoms with Crippen molar-refractivity contribution in [1.29, 1.82) is 0 Å². The number of ether oxygens (including phenoxy) is 1. The summed E-state index contributed by atoms with van der Waals surface area (Å²) in [7, 11) is 0. The first-order valence-corrected chi connectivity index (χ1v) is 7.44. The second kappa shape index (κ2) is 7.59. The fourth-order valence-electron chi connectivity index (χ4n) is 1.18. The minimum absolute atomic E-state index is 0.0742. The van der Waals surface area contributed by atoms with E-state index < -0.39 is 18.2 Å². The number of thiazole rings is 1. The summed E-state index contributed by atoms with van der Waals surface area (Å²) in [5.74, 6) is -0.491. The van der Waals surface area contributed by atoms with Gasteiger partial charge in [0.1, 0.15) is 11.1 Å². The van der Waals surface area contributed by atoms with E-state index in [1.807, 2.05) is 0 Å². The Labute approximate surface area is 118 Å². The minimum atomic E-state index is -1.22. The van der Waals surface area contributed by atoms with E-state index in [-0.39, 0.29) is 28.2 Å². The van der Waals surface area contributed by atoms with Gasteiger partial charge in [-0.15, -0.1) is 11.3 Å². The lowest BCUT2D eigenvalue weighted by Crippen LogP contribution is -2.21. The summed E-state index contributed by atoms with van der Waals surface area (Å²) in [6.07, 6.45) is -2.34. The molecule has 106 valence electrons. The van der Waals surface area contributed by atoms with Crippen molar-refractivity contribution in [2.75, 3.05) is 12.4 Å². The molecule has 19 heavy (non-hydrogen) atoms. The average Bonchev–Trinajstić information content (AvgIpc) is 2.84. The number of aliphatic hydroxyl groups excluding tert-OH is 2. The Hall–Kier alpha value is -0.960. The summed E-state index contributed by atoms with van der Waals surface area (Å²) in [5, 5.41) is 21.1. The summed E-state index contributed by atoms with van der Waals surface area (Å²) >= 11 is 1.98. The second-order valence-electron chi connectivity index (χ2n) is 3.61. The number of esters is 1. The van der Waals surface area contributed by atoms with Crippen LogP contribution in [0, 0.1) is 0 Å². The molecule has 0 aliphatic carbocycles. The SMILES string of the molecule is CCOC(=O)c1csc(C(O)C(O)CSC(C)=O)n1. The first-order valence-electron chi connectivity index (χ1n) is 5.57. The average molecular weight is 305 g/mol. The predicted octanol–water partition coefficient (Wildman–Crippen LogP) is 0.994. The number of aliphatic hydroxyl groups is 2. The minimum Gasteiger partial charge on any atom is -0.461 e. The van der Waals surface area contributed by atoms with E-state index in [1.165, 1.54) is 12.3 Å². The molecule has 2 atom stereocenters. The van der Waals surface area contributed by atoms with Gasteiger partial charge in [0.25, 0.3) is 0 Å². The number of carbonyl (C=O) groups is 2. The molecule has 0 bridgehead atoms. The smallest absolute Gasteiger partial charge is 0.357 e. The van der Waals surface area contributed by atoms with Crippen molar-refractivity contribution in [1.82, 2.24) is 4.98 Å². The van der Waals surface area contributed by atoms with Gasteiger partial charge in [-0.1, -0.05) is 11.8 Å². The van der Waals surface area contributed by atoms with Crippen molar-refractivity contribution in [3.8, 4) is 0 Å². The lowest BCUT2D eigenvalue weighted by Gasteiger charge is -2.14. The van der Waals surface area contributed by atoms with Crippen molar-refractivity contribution >= 4 is 34.2 Å². The van der Waals surface area contributed by atoms with Crippen LogP contribution in [0.15, 0.2) is 5.38 Å². The van der Waals surface area contributed by atoms with Gasteiger partial charge in [0.05, 0.1) is 12.7 Å². The van der Waals surface area contributed by atoms with Crippen LogP contribution in [0.2, 0.25) is 0 Å². The lowest BCUT2D eigenvalue weighted by atomic mass is 10.2. The maximum Gasteiger partial charge on any atom is 0.357 e. The highest BCUT2D eigenvalue weighted by Gasteiger charge is 2.23. The molecule has 0 spiro atoms. The molecule has 1 aromatic rings. The van der Waals surface area contributed by atoms with Crippen LogP contribution in [-0.2, 0) is 9.53 Å². The monoisotopic (exact) mass is 305 g/mol. The van der Waals surface area contributed by atoms with Gasteiger partial charge in [-0.3, -0.25) is 4.79 Å². The number of thioether (sulfide) groups is 1. The molecular weight excluding hydrogens is 290 g/mol. The Morgan fingerprint density at radius 1 is 1.53 bits per heavy atom. The third-order valence-corrected chi connectivity index (χ3v) is 3.91. The fourth-order valence-corrected chi connectivity index (χ4v) is 2.60. The molecule has 0 radical (unpaired) electrons. The highest BCUT2D eigenvalue weighted by molar-refractivity contribution is 8.13. The highest BCUT2D eigenvalue weighted by Crippen LogP contribution is 2.23. The van der Waals surface area contributed by atoms with Crippen LogP contribution in [0.4, 0.5) is 0 Å². The maximum absolute atomic E-state index is 11.4. The Morgan fingerprint density at radius 2 is 2.21 bits per heavy atom. The molecule has 0 fully saturated rings. The zero-order valence-electron chi connectivity index (χ0n) is 10.5. The van der Waals surface area contributed by atoms with Crippen LogP contribution in [-0.4, -0.2) is 44.7 Å². The standard InChI is InChI=1S/C11H15NO5S2/c1-3-17-11(16)7-4-19-10(12-7)9(15)8(14)5-18-6(2)13/h4,8-9,14-15H,3,5H2,1-2H3. The van der Waals surface area contributed by atoms with Gasteiger partial charge in [-0.2, -0.15) is 0 Å². The first-order chi connectivity index (χ1) is 8.95. The van der Waals surface area contributed by atoms with Gasteiger partial charge in [-0.05, 0) is 6.92 Å². The third kappa shape index (κ3) is 4.90. The molecule has 0 aromatic carbocycles. The second-order valence-corrected chi connectivity index (χ2v) is 5.69. The van der Waals surface area contributed by atoms with E-state index >= 15 is 0 Å². The van der Waals surface area contributed by atoms with Crippen molar-refractivity contribution in [3.63, 3.8) is 0 Å². The van der Waals surface area contributed by atoms with Crippen LogP contribution in [0.1, 0.15) is 35.4 Å². The largest absolute Gasteiger partial charge is 0.461 e. The van der Waals surface area contributed by atoms with Crippen molar-refractivity contribution in [2.24, 2.45) is 0 Å². The molecular formula is C11H15NO5S2. The lowest BCUT2D eigenvalue weighted by molar-refractivity contribution is -0.109. The van der Waals surface area contributed by atoms with Crippen LogP contribution in [0.5, 0.6) is 0 Å². The summed E-state index contributed by atoms with van der Waals surface area (Å²) < 4.78 is 4.77. The van der Waals surface area contributed by atoms with Crippen LogP contribution >= 0.6 is 23.1 Å². The third-order valence-electron chi connectivity index (χ3n) is 2.08. The topological polar surface area (TPSA) is 96.7 Å². The van der Waals surface area contributed by atoms with Crippen molar-refractivity contribution in [3.05, 3.63) is 16.1 Å². The van der Waals surface area contributed by atoms with Crippen molar-refractivity contribution in [2.45, 2.75) is 26.1 Å². The van der Waals surface area contributed by atoms with E-state index in [0.717, 1.165) is 23.1 Å². The highest BCUT2D eigenvalue weighted by atomic mass is 32.2. The molecule has 0 saturated carbocycles. The quantitative estimate of drug-likeness (QED) is 0.757. The summed E-state index contributed by atoms with van der Waals surface area (Å²) in [5.41, 5.74) is 0.104. The summed E-state index contributed by atoms with van der Waals surface area (Å²) in [6, 6.07) is 0. The Morgan fingerprint density at radius 3 is 2.79 bits per heavy atom. The van der Waals surface area contributed by atoms with Crippen LogP contribution in [0.3, 0.4) is 0 Å². The molecule has 0 saturated heterocycles. The zero-order chi connectivity index (χ0) is 14.4. The van der Waals surface area contributed by atoms with Gasteiger partial charge in [-0.25, -0.2) is 9.78 Å². The number of rotatable bonds is 6. The van der Waals surface area contributed by atoms with Gasteiger partial charge >= 0.3 is 5.97 Å². The molecule has 1 rings (SSSR count). The normalized spacial score (nSPS) is 13.9. The molecule has 8 heteroatoms. The maximum atomic E-state index is 11.4. The summed E-state index contributed by atoms with van der Waals surface area (Å²) in [6.45, 7) is 3.31.